The fraction of sp³-hybridized carbons (Fsp3) is 0.176. The SMILES string of the molecule is CN1CC(=O)Nc2cc(C(=O)NCc3c(F)cc(F)cc3F)ccc21. The van der Waals surface area contributed by atoms with E-state index in [-0.39, 0.29) is 18.0 Å². The van der Waals surface area contributed by atoms with Crippen LogP contribution in [0.3, 0.4) is 0 Å². The lowest BCUT2D eigenvalue weighted by Crippen LogP contribution is -2.35. The van der Waals surface area contributed by atoms with E-state index in [2.05, 4.69) is 10.6 Å². The van der Waals surface area contributed by atoms with Crippen LogP contribution < -0.4 is 15.5 Å². The average Bonchev–Trinajstić information content (AvgIpc) is 2.52. The van der Waals surface area contributed by atoms with Crippen molar-refractivity contribution < 1.29 is 22.8 Å². The molecule has 130 valence electrons. The molecule has 3 rings (SSSR count). The van der Waals surface area contributed by atoms with Gasteiger partial charge in [0.25, 0.3) is 5.91 Å². The predicted molar refractivity (Wildman–Crippen MR) is 85.8 cm³/mol. The lowest BCUT2D eigenvalue weighted by atomic mass is 10.1. The van der Waals surface area contributed by atoms with Crippen molar-refractivity contribution in [1.29, 1.82) is 0 Å². The van der Waals surface area contributed by atoms with E-state index in [1.54, 1.807) is 24.1 Å². The van der Waals surface area contributed by atoms with Gasteiger partial charge in [-0.15, -0.1) is 0 Å². The number of hydrogen-bond acceptors (Lipinski definition) is 3. The van der Waals surface area contributed by atoms with Crippen LogP contribution in [0.5, 0.6) is 0 Å². The van der Waals surface area contributed by atoms with Crippen molar-refractivity contribution in [3.63, 3.8) is 0 Å². The molecule has 2 aromatic carbocycles. The Morgan fingerprint density at radius 3 is 2.56 bits per heavy atom. The maximum Gasteiger partial charge on any atom is 0.251 e. The number of fused-ring (bicyclic) bond motifs is 1. The first-order valence-corrected chi connectivity index (χ1v) is 7.42. The third kappa shape index (κ3) is 3.42. The van der Waals surface area contributed by atoms with Crippen LogP contribution in [0.4, 0.5) is 24.5 Å². The number of rotatable bonds is 3. The van der Waals surface area contributed by atoms with Crippen molar-refractivity contribution in [1.82, 2.24) is 5.32 Å². The summed E-state index contributed by atoms with van der Waals surface area (Å²) in [5.41, 5.74) is 1.02. The summed E-state index contributed by atoms with van der Waals surface area (Å²) in [6, 6.07) is 5.79. The van der Waals surface area contributed by atoms with Gasteiger partial charge in [0.1, 0.15) is 17.5 Å². The Bertz CT molecular complexity index is 847. The number of halogens is 3. The second-order valence-electron chi connectivity index (χ2n) is 5.67. The minimum atomic E-state index is -1.07. The molecule has 2 N–H and O–H groups in total. The summed E-state index contributed by atoms with van der Waals surface area (Å²) < 4.78 is 40.1. The van der Waals surface area contributed by atoms with Gasteiger partial charge in [-0.05, 0) is 18.2 Å². The van der Waals surface area contributed by atoms with E-state index in [1.807, 2.05) is 0 Å². The lowest BCUT2D eigenvalue weighted by Gasteiger charge is -2.27. The number of nitrogens with one attached hydrogen (secondary N) is 2. The second kappa shape index (κ2) is 6.46. The highest BCUT2D eigenvalue weighted by molar-refractivity contribution is 6.03. The van der Waals surface area contributed by atoms with Gasteiger partial charge >= 0.3 is 0 Å². The largest absolute Gasteiger partial charge is 0.364 e. The van der Waals surface area contributed by atoms with E-state index in [4.69, 9.17) is 0 Å². The lowest BCUT2D eigenvalue weighted by molar-refractivity contribution is -0.115. The molecule has 0 unspecified atom stereocenters. The third-order valence-corrected chi connectivity index (χ3v) is 3.86. The van der Waals surface area contributed by atoms with Crippen LogP contribution >= 0.6 is 0 Å². The van der Waals surface area contributed by atoms with Crippen molar-refractivity contribution in [2.45, 2.75) is 6.54 Å². The molecule has 0 aromatic heterocycles. The Morgan fingerprint density at radius 2 is 1.88 bits per heavy atom. The topological polar surface area (TPSA) is 61.4 Å². The van der Waals surface area contributed by atoms with E-state index < -0.39 is 35.5 Å². The van der Waals surface area contributed by atoms with Gasteiger partial charge in [0.2, 0.25) is 5.91 Å². The zero-order valence-corrected chi connectivity index (χ0v) is 13.2. The van der Waals surface area contributed by atoms with Crippen molar-refractivity contribution in [3.8, 4) is 0 Å². The molecule has 0 fully saturated rings. The van der Waals surface area contributed by atoms with Gasteiger partial charge in [-0.2, -0.15) is 0 Å². The van der Waals surface area contributed by atoms with Crippen molar-refractivity contribution in [2.24, 2.45) is 0 Å². The van der Waals surface area contributed by atoms with Gasteiger partial charge < -0.3 is 15.5 Å². The fourth-order valence-corrected chi connectivity index (χ4v) is 2.61. The van der Waals surface area contributed by atoms with E-state index in [1.165, 1.54) is 6.07 Å². The highest BCUT2D eigenvalue weighted by Gasteiger charge is 2.20. The molecule has 5 nitrogen and oxygen atoms in total. The molecule has 1 aliphatic rings. The first-order valence-electron chi connectivity index (χ1n) is 7.42. The van der Waals surface area contributed by atoms with Crippen LogP contribution in [0, 0.1) is 17.5 Å². The third-order valence-electron chi connectivity index (χ3n) is 3.86. The number of hydrogen-bond donors (Lipinski definition) is 2. The fourth-order valence-electron chi connectivity index (χ4n) is 2.61. The zero-order valence-electron chi connectivity index (χ0n) is 13.2. The van der Waals surface area contributed by atoms with Crippen LogP contribution in [0.25, 0.3) is 0 Å². The number of carbonyl (C=O) groups excluding carboxylic acids is 2. The molecule has 25 heavy (non-hydrogen) atoms. The first-order chi connectivity index (χ1) is 11.8. The molecule has 0 aliphatic carbocycles. The minimum Gasteiger partial charge on any atom is -0.364 e. The molecule has 2 aromatic rings. The van der Waals surface area contributed by atoms with E-state index in [0.29, 0.717) is 17.8 Å². The Hall–Kier alpha value is -3.03. The van der Waals surface area contributed by atoms with Crippen LogP contribution in [-0.2, 0) is 11.3 Å². The van der Waals surface area contributed by atoms with Crippen LogP contribution in [0.2, 0.25) is 0 Å². The highest BCUT2D eigenvalue weighted by Crippen LogP contribution is 2.29. The molecule has 1 heterocycles. The number of amides is 2. The summed E-state index contributed by atoms with van der Waals surface area (Å²) in [5, 5.41) is 5.04. The molecule has 2 amide bonds. The molecule has 0 atom stereocenters. The Morgan fingerprint density at radius 1 is 1.20 bits per heavy atom. The molecular weight excluding hydrogens is 335 g/mol. The minimum absolute atomic E-state index is 0.206. The summed E-state index contributed by atoms with van der Waals surface area (Å²) in [6.07, 6.45) is 0. The molecular formula is C17H14F3N3O2. The van der Waals surface area contributed by atoms with Crippen molar-refractivity contribution in [2.75, 3.05) is 23.8 Å². The number of likely N-dealkylation sites (N-methyl/N-ethyl adjacent to an activating group) is 1. The van der Waals surface area contributed by atoms with Crippen LogP contribution in [0.15, 0.2) is 30.3 Å². The summed E-state index contributed by atoms with van der Waals surface area (Å²) >= 11 is 0. The number of nitrogens with zero attached hydrogens (tertiary/aromatic N) is 1. The molecule has 0 radical (unpaired) electrons. The Kier molecular flexibility index (Phi) is 4.35. The molecule has 0 saturated carbocycles. The quantitative estimate of drug-likeness (QED) is 0.895. The van der Waals surface area contributed by atoms with E-state index in [0.717, 1.165) is 5.69 Å². The van der Waals surface area contributed by atoms with Crippen molar-refractivity contribution >= 4 is 23.2 Å². The van der Waals surface area contributed by atoms with E-state index in [9.17, 15) is 22.8 Å². The zero-order chi connectivity index (χ0) is 18.1. The van der Waals surface area contributed by atoms with Gasteiger partial charge in [-0.25, -0.2) is 13.2 Å². The molecule has 1 aliphatic heterocycles. The second-order valence-corrected chi connectivity index (χ2v) is 5.67. The summed E-state index contributed by atoms with van der Waals surface area (Å²) in [5.74, 6) is -3.95. The van der Waals surface area contributed by atoms with Gasteiger partial charge in [0, 0.05) is 36.9 Å². The predicted octanol–water partition coefficient (Wildman–Crippen LogP) is 2.42. The maximum absolute atomic E-state index is 13.6. The molecule has 8 heteroatoms. The number of anilines is 2. The van der Waals surface area contributed by atoms with Gasteiger partial charge in [-0.1, -0.05) is 0 Å². The number of carbonyl (C=O) groups is 2. The van der Waals surface area contributed by atoms with Gasteiger partial charge in [0.15, 0.2) is 0 Å². The van der Waals surface area contributed by atoms with Crippen molar-refractivity contribution in [3.05, 3.63) is 58.9 Å². The first kappa shape index (κ1) is 16.8. The smallest absolute Gasteiger partial charge is 0.251 e. The summed E-state index contributed by atoms with van der Waals surface area (Å²) in [7, 11) is 1.75. The van der Waals surface area contributed by atoms with Crippen LogP contribution in [0.1, 0.15) is 15.9 Å². The molecule has 0 spiro atoms. The average molecular weight is 349 g/mol. The van der Waals surface area contributed by atoms with Gasteiger partial charge in [0.05, 0.1) is 17.9 Å². The molecule has 0 bridgehead atoms. The summed E-state index contributed by atoms with van der Waals surface area (Å²) in [6.45, 7) is -0.220. The highest BCUT2D eigenvalue weighted by atomic mass is 19.1. The summed E-state index contributed by atoms with van der Waals surface area (Å²) in [4.78, 5) is 25.5. The Balaban J connectivity index is 1.76. The van der Waals surface area contributed by atoms with Crippen LogP contribution in [-0.4, -0.2) is 25.4 Å². The van der Waals surface area contributed by atoms with Gasteiger partial charge in [-0.3, -0.25) is 9.59 Å². The standard InChI is InChI=1S/C17H14F3N3O2/c1-23-8-16(24)22-14-4-9(2-3-15(14)23)17(25)21-7-11-12(19)5-10(18)6-13(11)20/h2-6H,7-8H2,1H3,(H,21,25)(H,22,24). The van der Waals surface area contributed by atoms with E-state index >= 15 is 0 Å². The molecule has 0 saturated heterocycles. The maximum atomic E-state index is 13.6. The number of benzene rings is 2. The monoisotopic (exact) mass is 349 g/mol. The normalized spacial score (nSPS) is 13.3. The Labute approximate surface area is 141 Å².